The lowest BCUT2D eigenvalue weighted by Gasteiger charge is -2.08. The molecule has 0 bridgehead atoms. The summed E-state index contributed by atoms with van der Waals surface area (Å²) >= 11 is 0. The highest BCUT2D eigenvalue weighted by molar-refractivity contribution is 5.96. The number of carbonyl (C=O) groups excluding carboxylic acids is 1. The molecule has 3 N–H and O–H groups in total. The second-order valence-corrected chi connectivity index (χ2v) is 6.37. The largest absolute Gasteiger partial charge is 0.496 e. The topological polar surface area (TPSA) is 81.0 Å². The number of H-pyrrole nitrogens is 1. The van der Waals surface area contributed by atoms with E-state index in [1.54, 1.807) is 25.3 Å². The molecule has 0 aliphatic heterocycles. The summed E-state index contributed by atoms with van der Waals surface area (Å²) in [4.78, 5) is 19.2. The van der Waals surface area contributed by atoms with Gasteiger partial charge in [-0.1, -0.05) is 42.5 Å². The van der Waals surface area contributed by atoms with E-state index in [9.17, 15) is 4.79 Å². The van der Waals surface area contributed by atoms with Gasteiger partial charge in [0.1, 0.15) is 11.6 Å². The van der Waals surface area contributed by atoms with E-state index in [4.69, 9.17) is 10.5 Å². The zero-order chi connectivity index (χ0) is 18.8. The highest BCUT2D eigenvalue weighted by atomic mass is 16.5. The van der Waals surface area contributed by atoms with Gasteiger partial charge in [-0.2, -0.15) is 0 Å². The molecule has 5 heteroatoms. The van der Waals surface area contributed by atoms with Crippen molar-refractivity contribution >= 4 is 16.9 Å². The van der Waals surface area contributed by atoms with Gasteiger partial charge in [-0.25, -0.2) is 4.98 Å². The second-order valence-electron chi connectivity index (χ2n) is 6.37. The lowest BCUT2D eigenvalue weighted by Crippen LogP contribution is -2.10. The first kappa shape index (κ1) is 16.8. The molecular weight excluding hydrogens is 338 g/mol. The standard InChI is InChI=1S/C22H19N3O2/c1-27-20-5-3-2-4-16(20)12-14-6-8-15(9-7-14)22-24-18-11-10-17(21(23)26)13-19(18)25-22/h2-11,13H,12H2,1H3,(H2,23,26)(H,24,25). The molecule has 0 saturated heterocycles. The van der Waals surface area contributed by atoms with E-state index in [-0.39, 0.29) is 0 Å². The van der Waals surface area contributed by atoms with Gasteiger partial charge in [-0.3, -0.25) is 4.79 Å². The van der Waals surface area contributed by atoms with Crippen LogP contribution in [-0.4, -0.2) is 23.0 Å². The van der Waals surface area contributed by atoms with Crippen LogP contribution in [0.2, 0.25) is 0 Å². The molecule has 4 aromatic rings. The molecule has 1 aromatic heterocycles. The number of carbonyl (C=O) groups is 1. The Labute approximate surface area is 156 Å². The number of benzene rings is 3. The van der Waals surface area contributed by atoms with Crippen LogP contribution in [0, 0.1) is 0 Å². The molecule has 134 valence electrons. The Balaban J connectivity index is 1.60. The maximum atomic E-state index is 11.3. The summed E-state index contributed by atoms with van der Waals surface area (Å²) in [5.41, 5.74) is 10.7. The Morgan fingerprint density at radius 3 is 2.59 bits per heavy atom. The summed E-state index contributed by atoms with van der Waals surface area (Å²) in [6.45, 7) is 0. The number of nitrogens with zero attached hydrogens (tertiary/aromatic N) is 1. The average Bonchev–Trinajstić information content (AvgIpc) is 3.12. The van der Waals surface area contributed by atoms with E-state index in [2.05, 4.69) is 28.2 Å². The van der Waals surface area contributed by atoms with Gasteiger partial charge in [0.2, 0.25) is 5.91 Å². The average molecular weight is 357 g/mol. The molecule has 0 aliphatic rings. The third-order valence-electron chi connectivity index (χ3n) is 4.58. The van der Waals surface area contributed by atoms with Gasteiger partial charge in [0.25, 0.3) is 0 Å². The van der Waals surface area contributed by atoms with E-state index in [1.807, 2.05) is 30.3 Å². The normalized spacial score (nSPS) is 10.9. The lowest BCUT2D eigenvalue weighted by atomic mass is 10.0. The SMILES string of the molecule is COc1ccccc1Cc1ccc(-c2nc3ccc(C(N)=O)cc3[nH]2)cc1. The number of aromatic nitrogens is 2. The Kier molecular flexibility index (Phi) is 4.34. The number of amides is 1. The molecule has 4 rings (SSSR count). The summed E-state index contributed by atoms with van der Waals surface area (Å²) in [7, 11) is 1.69. The highest BCUT2D eigenvalue weighted by Crippen LogP contribution is 2.24. The Morgan fingerprint density at radius 1 is 1.07 bits per heavy atom. The quantitative estimate of drug-likeness (QED) is 0.568. The molecule has 0 spiro atoms. The number of ether oxygens (including phenoxy) is 1. The molecule has 3 aromatic carbocycles. The van der Waals surface area contributed by atoms with E-state index in [0.717, 1.165) is 40.2 Å². The van der Waals surface area contributed by atoms with Gasteiger partial charge in [0, 0.05) is 17.5 Å². The van der Waals surface area contributed by atoms with E-state index in [0.29, 0.717) is 5.56 Å². The minimum absolute atomic E-state index is 0.450. The number of hydrogen-bond acceptors (Lipinski definition) is 3. The van der Waals surface area contributed by atoms with Crippen molar-refractivity contribution in [2.75, 3.05) is 7.11 Å². The number of hydrogen-bond donors (Lipinski definition) is 2. The van der Waals surface area contributed by atoms with E-state index < -0.39 is 5.91 Å². The highest BCUT2D eigenvalue weighted by Gasteiger charge is 2.09. The summed E-state index contributed by atoms with van der Waals surface area (Å²) in [6, 6.07) is 21.5. The first-order valence-corrected chi connectivity index (χ1v) is 8.65. The van der Waals surface area contributed by atoms with Crippen molar-refractivity contribution in [3.05, 3.63) is 83.4 Å². The van der Waals surface area contributed by atoms with Crippen LogP contribution in [0.25, 0.3) is 22.4 Å². The molecule has 0 unspecified atom stereocenters. The van der Waals surface area contributed by atoms with Gasteiger partial charge < -0.3 is 15.5 Å². The molecule has 27 heavy (non-hydrogen) atoms. The van der Waals surface area contributed by atoms with Gasteiger partial charge >= 0.3 is 0 Å². The number of rotatable bonds is 5. The summed E-state index contributed by atoms with van der Waals surface area (Å²) in [6.07, 6.45) is 0.798. The predicted octanol–water partition coefficient (Wildman–Crippen LogP) is 3.93. The van der Waals surface area contributed by atoms with Crippen LogP contribution in [0.15, 0.2) is 66.7 Å². The van der Waals surface area contributed by atoms with Crippen molar-refractivity contribution in [1.82, 2.24) is 9.97 Å². The molecule has 5 nitrogen and oxygen atoms in total. The van der Waals surface area contributed by atoms with Gasteiger partial charge in [0.05, 0.1) is 18.1 Å². The molecule has 0 saturated carbocycles. The first-order valence-electron chi connectivity index (χ1n) is 8.65. The predicted molar refractivity (Wildman–Crippen MR) is 106 cm³/mol. The van der Waals surface area contributed by atoms with Crippen LogP contribution in [0.3, 0.4) is 0 Å². The summed E-state index contributed by atoms with van der Waals surface area (Å²) in [5.74, 6) is 1.20. The third kappa shape index (κ3) is 3.40. The zero-order valence-corrected chi connectivity index (χ0v) is 14.9. The number of primary amides is 1. The van der Waals surface area contributed by atoms with Crippen molar-refractivity contribution in [2.45, 2.75) is 6.42 Å². The fourth-order valence-corrected chi connectivity index (χ4v) is 3.15. The maximum absolute atomic E-state index is 11.3. The fourth-order valence-electron chi connectivity index (χ4n) is 3.15. The first-order chi connectivity index (χ1) is 13.1. The molecule has 0 aliphatic carbocycles. The molecule has 0 radical (unpaired) electrons. The minimum Gasteiger partial charge on any atom is -0.496 e. The number of nitrogens with two attached hydrogens (primary N) is 1. The van der Waals surface area contributed by atoms with Crippen molar-refractivity contribution in [1.29, 1.82) is 0 Å². The third-order valence-corrected chi connectivity index (χ3v) is 4.58. The maximum Gasteiger partial charge on any atom is 0.248 e. The fraction of sp³-hybridized carbons (Fsp3) is 0.0909. The number of methoxy groups -OCH3 is 1. The Bertz CT molecular complexity index is 1110. The molecule has 1 amide bonds. The van der Waals surface area contributed by atoms with Crippen LogP contribution < -0.4 is 10.5 Å². The van der Waals surface area contributed by atoms with Crippen molar-refractivity contribution in [3.63, 3.8) is 0 Å². The van der Waals surface area contributed by atoms with Gasteiger partial charge in [-0.05, 0) is 35.4 Å². The van der Waals surface area contributed by atoms with Gasteiger partial charge in [0.15, 0.2) is 0 Å². The molecule has 1 heterocycles. The molecular formula is C22H19N3O2. The molecule has 0 fully saturated rings. The number of aromatic amines is 1. The number of para-hydroxylation sites is 1. The molecule has 0 atom stereocenters. The van der Waals surface area contributed by atoms with E-state index in [1.165, 1.54) is 5.56 Å². The van der Waals surface area contributed by atoms with Crippen LogP contribution in [0.5, 0.6) is 5.75 Å². The van der Waals surface area contributed by atoms with Crippen molar-refractivity contribution < 1.29 is 9.53 Å². The summed E-state index contributed by atoms with van der Waals surface area (Å²) < 4.78 is 5.42. The zero-order valence-electron chi connectivity index (χ0n) is 14.9. The van der Waals surface area contributed by atoms with Gasteiger partial charge in [-0.15, -0.1) is 0 Å². The Hall–Kier alpha value is -3.60. The smallest absolute Gasteiger partial charge is 0.248 e. The monoisotopic (exact) mass is 357 g/mol. The van der Waals surface area contributed by atoms with Crippen LogP contribution in [0.1, 0.15) is 21.5 Å². The summed E-state index contributed by atoms with van der Waals surface area (Å²) in [5, 5.41) is 0. The number of imidazole rings is 1. The van der Waals surface area contributed by atoms with Crippen LogP contribution >= 0.6 is 0 Å². The minimum atomic E-state index is -0.450. The number of fused-ring (bicyclic) bond motifs is 1. The Morgan fingerprint density at radius 2 is 1.85 bits per heavy atom. The van der Waals surface area contributed by atoms with Crippen LogP contribution in [-0.2, 0) is 6.42 Å². The van der Waals surface area contributed by atoms with Crippen molar-refractivity contribution in [3.8, 4) is 17.1 Å². The number of nitrogens with one attached hydrogen (secondary N) is 1. The van der Waals surface area contributed by atoms with Crippen LogP contribution in [0.4, 0.5) is 0 Å². The lowest BCUT2D eigenvalue weighted by molar-refractivity contribution is 0.100. The second kappa shape index (κ2) is 6.96. The van der Waals surface area contributed by atoms with E-state index >= 15 is 0 Å². The van der Waals surface area contributed by atoms with Crippen molar-refractivity contribution in [2.24, 2.45) is 5.73 Å².